The molecule has 0 saturated heterocycles. The van der Waals surface area contributed by atoms with Crippen molar-refractivity contribution < 1.29 is 4.74 Å². The number of anilines is 1. The minimum Gasteiger partial charge on any atom is -0.492 e. The van der Waals surface area contributed by atoms with E-state index < -0.39 is 0 Å². The average Bonchev–Trinajstić information content (AvgIpc) is 2.82. The van der Waals surface area contributed by atoms with Crippen molar-refractivity contribution in [3.8, 4) is 5.75 Å². The largest absolute Gasteiger partial charge is 0.492 e. The molecule has 0 unspecified atom stereocenters. The summed E-state index contributed by atoms with van der Waals surface area (Å²) in [5.74, 6) is 0.636. The fourth-order valence-electron chi connectivity index (χ4n) is 1.48. The van der Waals surface area contributed by atoms with Gasteiger partial charge in [0.2, 0.25) is 0 Å². The standard InChI is InChI=1S/C12H14ClN3O/c13-11-3-2-10(14)8-12(11)17-7-1-5-16-6-4-15-9-16/h2-4,6,8-9H,1,5,7,14H2. The van der Waals surface area contributed by atoms with Gasteiger partial charge in [-0.2, -0.15) is 0 Å². The zero-order chi connectivity index (χ0) is 12.1. The molecule has 0 fully saturated rings. The number of hydrogen-bond donors (Lipinski definition) is 1. The molecule has 0 spiro atoms. The molecule has 0 amide bonds. The third-order valence-electron chi connectivity index (χ3n) is 2.33. The third kappa shape index (κ3) is 3.39. The van der Waals surface area contributed by atoms with Crippen LogP contribution in [-0.2, 0) is 6.54 Å². The molecule has 5 heteroatoms. The van der Waals surface area contributed by atoms with Crippen molar-refractivity contribution in [2.45, 2.75) is 13.0 Å². The maximum Gasteiger partial charge on any atom is 0.139 e. The molecule has 1 aromatic carbocycles. The van der Waals surface area contributed by atoms with Gasteiger partial charge in [-0.3, -0.25) is 0 Å². The fourth-order valence-corrected chi connectivity index (χ4v) is 1.65. The van der Waals surface area contributed by atoms with Gasteiger partial charge >= 0.3 is 0 Å². The number of rotatable bonds is 5. The molecule has 4 nitrogen and oxygen atoms in total. The first-order valence-electron chi connectivity index (χ1n) is 5.39. The van der Waals surface area contributed by atoms with E-state index in [1.807, 2.05) is 10.8 Å². The first-order chi connectivity index (χ1) is 8.25. The van der Waals surface area contributed by atoms with Gasteiger partial charge in [-0.1, -0.05) is 11.6 Å². The van der Waals surface area contributed by atoms with Crippen molar-refractivity contribution >= 4 is 17.3 Å². The summed E-state index contributed by atoms with van der Waals surface area (Å²) in [4.78, 5) is 3.97. The lowest BCUT2D eigenvalue weighted by atomic mass is 10.3. The van der Waals surface area contributed by atoms with E-state index in [9.17, 15) is 0 Å². The van der Waals surface area contributed by atoms with Gasteiger partial charge in [0.25, 0.3) is 0 Å². The summed E-state index contributed by atoms with van der Waals surface area (Å²) in [6, 6.07) is 5.22. The van der Waals surface area contributed by atoms with Gasteiger partial charge in [0, 0.05) is 30.7 Å². The van der Waals surface area contributed by atoms with Gasteiger partial charge in [0.15, 0.2) is 0 Å². The normalized spacial score (nSPS) is 10.4. The van der Waals surface area contributed by atoms with Gasteiger partial charge < -0.3 is 15.0 Å². The Balaban J connectivity index is 1.80. The Labute approximate surface area is 105 Å². The number of halogens is 1. The maximum absolute atomic E-state index is 5.98. The van der Waals surface area contributed by atoms with Gasteiger partial charge in [0.05, 0.1) is 18.0 Å². The Hall–Kier alpha value is -1.68. The van der Waals surface area contributed by atoms with Crippen LogP contribution in [0.3, 0.4) is 0 Å². The Bertz CT molecular complexity index is 471. The summed E-state index contributed by atoms with van der Waals surface area (Å²) >= 11 is 5.98. The number of aryl methyl sites for hydroxylation is 1. The highest BCUT2D eigenvalue weighted by atomic mass is 35.5. The molecule has 0 aliphatic rings. The maximum atomic E-state index is 5.98. The predicted molar refractivity (Wildman–Crippen MR) is 68.2 cm³/mol. The first-order valence-corrected chi connectivity index (χ1v) is 5.77. The predicted octanol–water partition coefficient (Wildman–Crippen LogP) is 2.59. The summed E-state index contributed by atoms with van der Waals surface area (Å²) in [7, 11) is 0. The lowest BCUT2D eigenvalue weighted by molar-refractivity contribution is 0.302. The molecule has 2 N–H and O–H groups in total. The first kappa shape index (κ1) is 11.8. The number of hydrogen-bond acceptors (Lipinski definition) is 3. The van der Waals surface area contributed by atoms with E-state index in [0.717, 1.165) is 13.0 Å². The molecule has 0 aliphatic heterocycles. The van der Waals surface area contributed by atoms with Crippen molar-refractivity contribution in [2.24, 2.45) is 0 Å². The second kappa shape index (κ2) is 5.59. The fraction of sp³-hybridized carbons (Fsp3) is 0.250. The summed E-state index contributed by atoms with van der Waals surface area (Å²) in [5.41, 5.74) is 6.31. The van der Waals surface area contributed by atoms with Gasteiger partial charge in [-0.25, -0.2) is 4.98 Å². The van der Waals surface area contributed by atoms with Crippen LogP contribution in [0.25, 0.3) is 0 Å². The highest BCUT2D eigenvalue weighted by Gasteiger charge is 2.01. The zero-order valence-corrected chi connectivity index (χ0v) is 10.1. The van der Waals surface area contributed by atoms with Crippen LogP contribution in [-0.4, -0.2) is 16.2 Å². The molecule has 0 aliphatic carbocycles. The molecular formula is C12H14ClN3O. The summed E-state index contributed by atoms with van der Waals surface area (Å²) in [6.45, 7) is 1.47. The molecule has 0 atom stereocenters. The highest BCUT2D eigenvalue weighted by Crippen LogP contribution is 2.26. The Morgan fingerprint density at radius 3 is 3.06 bits per heavy atom. The second-order valence-electron chi connectivity index (χ2n) is 3.69. The van der Waals surface area contributed by atoms with Crippen LogP contribution in [0.15, 0.2) is 36.9 Å². The molecule has 90 valence electrons. The van der Waals surface area contributed by atoms with E-state index in [1.165, 1.54) is 0 Å². The third-order valence-corrected chi connectivity index (χ3v) is 2.64. The number of ether oxygens (including phenoxy) is 1. The lowest BCUT2D eigenvalue weighted by Gasteiger charge is -2.08. The van der Waals surface area contributed by atoms with Crippen LogP contribution in [0, 0.1) is 0 Å². The van der Waals surface area contributed by atoms with Gasteiger partial charge in [-0.15, -0.1) is 0 Å². The van der Waals surface area contributed by atoms with E-state index in [4.69, 9.17) is 22.1 Å². The minimum absolute atomic E-state index is 0.585. The quantitative estimate of drug-likeness (QED) is 0.656. The molecule has 0 radical (unpaired) electrons. The van der Waals surface area contributed by atoms with E-state index in [1.54, 1.807) is 30.7 Å². The SMILES string of the molecule is Nc1ccc(Cl)c(OCCCn2ccnc2)c1. The van der Waals surface area contributed by atoms with E-state index >= 15 is 0 Å². The van der Waals surface area contributed by atoms with Crippen molar-refractivity contribution in [3.05, 3.63) is 41.9 Å². The van der Waals surface area contributed by atoms with Gasteiger partial charge in [-0.05, 0) is 18.6 Å². The number of imidazole rings is 1. The van der Waals surface area contributed by atoms with Crippen LogP contribution in [0.2, 0.25) is 5.02 Å². The number of aromatic nitrogens is 2. The smallest absolute Gasteiger partial charge is 0.139 e. The van der Waals surface area contributed by atoms with Crippen LogP contribution in [0.5, 0.6) is 5.75 Å². The van der Waals surface area contributed by atoms with Gasteiger partial charge in [0.1, 0.15) is 5.75 Å². The average molecular weight is 252 g/mol. The van der Waals surface area contributed by atoms with Crippen LogP contribution < -0.4 is 10.5 Å². The number of nitrogen functional groups attached to an aromatic ring is 1. The van der Waals surface area contributed by atoms with E-state index in [0.29, 0.717) is 23.1 Å². The monoisotopic (exact) mass is 251 g/mol. The van der Waals surface area contributed by atoms with Crippen LogP contribution >= 0.6 is 11.6 Å². The highest BCUT2D eigenvalue weighted by molar-refractivity contribution is 6.32. The van der Waals surface area contributed by atoms with Crippen LogP contribution in [0.1, 0.15) is 6.42 Å². The van der Waals surface area contributed by atoms with E-state index in [2.05, 4.69) is 4.98 Å². The lowest BCUT2D eigenvalue weighted by Crippen LogP contribution is -2.03. The number of benzene rings is 1. The molecule has 0 bridgehead atoms. The second-order valence-corrected chi connectivity index (χ2v) is 4.10. The van der Waals surface area contributed by atoms with Crippen molar-refractivity contribution in [3.63, 3.8) is 0 Å². The topological polar surface area (TPSA) is 53.1 Å². The molecule has 2 rings (SSSR count). The number of nitrogens with two attached hydrogens (primary N) is 1. The Morgan fingerprint density at radius 1 is 1.41 bits per heavy atom. The molecule has 1 aromatic heterocycles. The Kier molecular flexibility index (Phi) is 3.88. The zero-order valence-electron chi connectivity index (χ0n) is 9.34. The molecule has 2 aromatic rings. The van der Waals surface area contributed by atoms with Crippen LogP contribution in [0.4, 0.5) is 5.69 Å². The molecule has 0 saturated carbocycles. The summed E-state index contributed by atoms with van der Waals surface area (Å²) in [6.07, 6.45) is 6.36. The van der Waals surface area contributed by atoms with Crippen molar-refractivity contribution in [1.82, 2.24) is 9.55 Å². The Morgan fingerprint density at radius 2 is 2.29 bits per heavy atom. The summed E-state index contributed by atoms with van der Waals surface area (Å²) in [5, 5.41) is 0.585. The molecular weight excluding hydrogens is 238 g/mol. The number of nitrogens with zero attached hydrogens (tertiary/aromatic N) is 2. The minimum atomic E-state index is 0.585. The van der Waals surface area contributed by atoms with E-state index in [-0.39, 0.29) is 0 Å². The van der Waals surface area contributed by atoms with Crippen molar-refractivity contribution in [2.75, 3.05) is 12.3 Å². The summed E-state index contributed by atoms with van der Waals surface area (Å²) < 4.78 is 7.57. The molecule has 1 heterocycles. The molecule has 17 heavy (non-hydrogen) atoms. The van der Waals surface area contributed by atoms with Crippen molar-refractivity contribution in [1.29, 1.82) is 0 Å².